The van der Waals surface area contributed by atoms with Crippen molar-refractivity contribution in [1.82, 2.24) is 0 Å². The zero-order valence-electron chi connectivity index (χ0n) is 34.0. The third-order valence-electron chi connectivity index (χ3n) is 11.9. The molecule has 0 N–H and O–H groups in total. The first kappa shape index (κ1) is 37.2. The molecule has 11 aromatic rings. The summed E-state index contributed by atoms with van der Waals surface area (Å²) in [6.07, 6.45) is 0. The zero-order chi connectivity index (χ0) is 41.2. The van der Waals surface area contributed by atoms with E-state index in [0.29, 0.717) is 0 Å². The second kappa shape index (κ2) is 16.3. The average Bonchev–Trinajstić information content (AvgIpc) is 3.73. The summed E-state index contributed by atoms with van der Waals surface area (Å²) in [7, 11) is 0. The smallest absolute Gasteiger partial charge is 0.0540 e. The second-order valence-corrected chi connectivity index (χ2v) is 16.8. The highest BCUT2D eigenvalue weighted by molar-refractivity contribution is 7.25. The molecule has 1 aromatic heterocycles. The van der Waals surface area contributed by atoms with Crippen molar-refractivity contribution in [1.29, 1.82) is 0 Å². The summed E-state index contributed by atoms with van der Waals surface area (Å²) in [6, 6.07) is 90.5. The summed E-state index contributed by atoms with van der Waals surface area (Å²) in [5, 5.41) is 2.62. The molecule has 0 aliphatic heterocycles. The molecule has 0 aliphatic rings. The molecule has 62 heavy (non-hydrogen) atoms. The number of rotatable bonds is 9. The largest absolute Gasteiger partial charge is 0.310 e. The number of hydrogen-bond acceptors (Lipinski definition) is 2. The molecule has 1 heterocycles. The molecule has 0 bridgehead atoms. The van der Waals surface area contributed by atoms with Gasteiger partial charge in [0.15, 0.2) is 0 Å². The Morgan fingerprint density at radius 3 is 1.34 bits per heavy atom. The summed E-state index contributed by atoms with van der Waals surface area (Å²) in [6.45, 7) is 0. The monoisotopic (exact) mass is 807 g/mol. The summed E-state index contributed by atoms with van der Waals surface area (Å²) in [5.74, 6) is 0. The minimum Gasteiger partial charge on any atom is -0.310 e. The van der Waals surface area contributed by atoms with Crippen molar-refractivity contribution in [2.24, 2.45) is 0 Å². The van der Waals surface area contributed by atoms with Crippen LogP contribution >= 0.6 is 11.3 Å². The van der Waals surface area contributed by atoms with Gasteiger partial charge in [-0.15, -0.1) is 11.3 Å². The molecule has 0 saturated carbocycles. The number of para-hydroxylation sites is 1. The first-order valence-electron chi connectivity index (χ1n) is 21.2. The maximum Gasteiger partial charge on any atom is 0.0540 e. The Bertz CT molecular complexity index is 3270. The van der Waals surface area contributed by atoms with Crippen LogP contribution in [0.3, 0.4) is 0 Å². The third-order valence-corrected chi connectivity index (χ3v) is 13.0. The van der Waals surface area contributed by atoms with Crippen molar-refractivity contribution >= 4 is 48.6 Å². The average molecular weight is 808 g/mol. The van der Waals surface area contributed by atoms with Crippen molar-refractivity contribution in [2.75, 3.05) is 4.90 Å². The van der Waals surface area contributed by atoms with Gasteiger partial charge in [-0.2, -0.15) is 0 Å². The van der Waals surface area contributed by atoms with Gasteiger partial charge in [0.2, 0.25) is 0 Å². The van der Waals surface area contributed by atoms with Crippen LogP contribution in [0.25, 0.3) is 86.9 Å². The number of anilines is 3. The number of fused-ring (bicyclic) bond motifs is 3. The lowest BCUT2D eigenvalue weighted by atomic mass is 9.88. The van der Waals surface area contributed by atoms with Crippen LogP contribution in [-0.4, -0.2) is 0 Å². The van der Waals surface area contributed by atoms with Gasteiger partial charge in [-0.3, -0.25) is 0 Å². The first-order valence-corrected chi connectivity index (χ1v) is 22.0. The molecular formula is C60H41NS. The Kier molecular flexibility index (Phi) is 9.82. The standard InChI is InChI=1S/C60H41NS/c1-4-18-42(19-5-1)47-38-48(43-20-6-2-7-21-43)40-50(39-47)61(49-35-32-44(33-36-49)46-34-37-60-57(41-46)56-29-15-17-31-59(56)62-60)58-30-16-14-28-55(58)54-27-13-12-26-53(54)52-25-11-10-24-51(52)45-22-8-3-9-23-45/h1-41H. The molecule has 2 heteroatoms. The van der Waals surface area contributed by atoms with Gasteiger partial charge in [0, 0.05) is 37.1 Å². The van der Waals surface area contributed by atoms with Crippen molar-refractivity contribution in [3.05, 3.63) is 249 Å². The lowest BCUT2D eigenvalue weighted by Crippen LogP contribution is -2.12. The van der Waals surface area contributed by atoms with E-state index in [0.717, 1.165) is 33.8 Å². The molecule has 292 valence electrons. The van der Waals surface area contributed by atoms with E-state index >= 15 is 0 Å². The van der Waals surface area contributed by atoms with Crippen LogP contribution in [0.15, 0.2) is 249 Å². The van der Waals surface area contributed by atoms with E-state index in [1.54, 1.807) is 0 Å². The van der Waals surface area contributed by atoms with E-state index < -0.39 is 0 Å². The lowest BCUT2D eigenvalue weighted by Gasteiger charge is -2.29. The summed E-state index contributed by atoms with van der Waals surface area (Å²) < 4.78 is 2.63. The molecule has 0 aliphatic carbocycles. The van der Waals surface area contributed by atoms with Gasteiger partial charge in [0.05, 0.1) is 5.69 Å². The second-order valence-electron chi connectivity index (χ2n) is 15.7. The highest BCUT2D eigenvalue weighted by Gasteiger charge is 2.22. The molecule has 10 aromatic carbocycles. The highest BCUT2D eigenvalue weighted by Crippen LogP contribution is 2.47. The molecule has 0 saturated heterocycles. The number of benzene rings is 10. The number of thiophene rings is 1. The molecule has 0 amide bonds. The van der Waals surface area contributed by atoms with Gasteiger partial charge in [0.1, 0.15) is 0 Å². The van der Waals surface area contributed by atoms with Crippen molar-refractivity contribution in [2.45, 2.75) is 0 Å². The fourth-order valence-corrected chi connectivity index (χ4v) is 9.99. The Morgan fingerprint density at radius 1 is 0.242 bits per heavy atom. The third kappa shape index (κ3) is 7.07. The van der Waals surface area contributed by atoms with Crippen molar-refractivity contribution < 1.29 is 0 Å². The molecule has 1 nitrogen and oxygen atoms in total. The molecule has 0 radical (unpaired) electrons. The van der Waals surface area contributed by atoms with E-state index in [1.165, 1.54) is 70.2 Å². The van der Waals surface area contributed by atoms with E-state index in [4.69, 9.17) is 0 Å². The van der Waals surface area contributed by atoms with Crippen LogP contribution in [0, 0.1) is 0 Å². The van der Waals surface area contributed by atoms with Crippen molar-refractivity contribution in [3.8, 4) is 66.8 Å². The summed E-state index contributed by atoms with van der Waals surface area (Å²) in [5.41, 5.74) is 17.5. The Labute approximate surface area is 367 Å². The topological polar surface area (TPSA) is 3.24 Å². The maximum absolute atomic E-state index is 2.45. The fraction of sp³-hybridized carbons (Fsp3) is 0. The SMILES string of the molecule is c1ccc(-c2cc(-c3ccccc3)cc(N(c3ccc(-c4ccc5sc6ccccc6c5c4)cc3)c3ccccc3-c3ccccc3-c3ccccc3-c3ccccc3)c2)cc1. The van der Waals surface area contributed by atoms with Crippen LogP contribution in [0.4, 0.5) is 17.1 Å². The summed E-state index contributed by atoms with van der Waals surface area (Å²) in [4.78, 5) is 2.45. The minimum absolute atomic E-state index is 1.08. The zero-order valence-corrected chi connectivity index (χ0v) is 34.8. The predicted molar refractivity (Wildman–Crippen MR) is 267 cm³/mol. The van der Waals surface area contributed by atoms with E-state index in [9.17, 15) is 0 Å². The lowest BCUT2D eigenvalue weighted by molar-refractivity contribution is 1.28. The molecular weight excluding hydrogens is 767 g/mol. The minimum atomic E-state index is 1.08. The van der Waals surface area contributed by atoms with Crippen LogP contribution < -0.4 is 4.90 Å². The normalized spacial score (nSPS) is 11.2. The van der Waals surface area contributed by atoms with Crippen LogP contribution in [0.2, 0.25) is 0 Å². The first-order chi connectivity index (χ1) is 30.7. The van der Waals surface area contributed by atoms with Gasteiger partial charge in [-0.25, -0.2) is 0 Å². The van der Waals surface area contributed by atoms with Gasteiger partial charge in [0.25, 0.3) is 0 Å². The van der Waals surface area contributed by atoms with Gasteiger partial charge < -0.3 is 4.90 Å². The van der Waals surface area contributed by atoms with Gasteiger partial charge in [-0.05, 0) is 116 Å². The van der Waals surface area contributed by atoms with E-state index in [1.807, 2.05) is 11.3 Å². The van der Waals surface area contributed by atoms with Crippen LogP contribution in [0.1, 0.15) is 0 Å². The molecule has 11 rings (SSSR count). The van der Waals surface area contributed by atoms with E-state index in [-0.39, 0.29) is 0 Å². The summed E-state index contributed by atoms with van der Waals surface area (Å²) >= 11 is 1.86. The Hall–Kier alpha value is -7.78. The molecule has 0 spiro atoms. The van der Waals surface area contributed by atoms with E-state index in [2.05, 4.69) is 254 Å². The number of hydrogen-bond donors (Lipinski definition) is 0. The number of nitrogens with zero attached hydrogens (tertiary/aromatic N) is 1. The predicted octanol–water partition coefficient (Wildman–Crippen LogP) is 17.5. The van der Waals surface area contributed by atoms with Crippen LogP contribution in [-0.2, 0) is 0 Å². The maximum atomic E-state index is 2.45. The highest BCUT2D eigenvalue weighted by atomic mass is 32.1. The molecule has 0 fully saturated rings. The van der Waals surface area contributed by atoms with Gasteiger partial charge >= 0.3 is 0 Å². The quantitative estimate of drug-likeness (QED) is 0.140. The van der Waals surface area contributed by atoms with Crippen molar-refractivity contribution in [3.63, 3.8) is 0 Å². The molecule has 0 atom stereocenters. The Balaban J connectivity index is 1.11. The van der Waals surface area contributed by atoms with Gasteiger partial charge in [-0.1, -0.05) is 194 Å². The van der Waals surface area contributed by atoms with Crippen LogP contribution in [0.5, 0.6) is 0 Å². The Morgan fingerprint density at radius 2 is 0.694 bits per heavy atom. The fourth-order valence-electron chi connectivity index (χ4n) is 8.91. The molecule has 0 unspecified atom stereocenters.